The monoisotopic (exact) mass is 227 g/mol. The van der Waals surface area contributed by atoms with Crippen molar-refractivity contribution in [1.29, 1.82) is 0 Å². The number of nitrogens with zero attached hydrogens (tertiary/aromatic N) is 1. The zero-order chi connectivity index (χ0) is 8.55. The fraction of sp³-hybridized carbons (Fsp3) is 0. The second-order valence-electron chi connectivity index (χ2n) is 2.34. The SMILES string of the molecule is O=C(O)c1ccc2nc[se]c2c1. The van der Waals surface area contributed by atoms with E-state index in [0.29, 0.717) is 5.56 Å². The van der Waals surface area contributed by atoms with Crippen molar-refractivity contribution in [2.45, 2.75) is 0 Å². The van der Waals surface area contributed by atoms with Crippen molar-refractivity contribution < 1.29 is 9.90 Å². The van der Waals surface area contributed by atoms with E-state index in [2.05, 4.69) is 4.98 Å². The summed E-state index contributed by atoms with van der Waals surface area (Å²) in [6.45, 7) is 0. The summed E-state index contributed by atoms with van der Waals surface area (Å²) in [5, 5.41) is 10.5. The van der Waals surface area contributed by atoms with Crippen LogP contribution in [0, 0.1) is 0 Å². The normalized spacial score (nSPS) is 10.3. The Labute approximate surface area is 74.4 Å². The van der Waals surface area contributed by atoms with Crippen LogP contribution in [0.4, 0.5) is 0 Å². The Hall–Kier alpha value is -1.12. The molecule has 0 atom stereocenters. The minimum absolute atomic E-state index is 0.223. The maximum atomic E-state index is 10.6. The van der Waals surface area contributed by atoms with Gasteiger partial charge in [-0.1, -0.05) is 0 Å². The fourth-order valence-corrected chi connectivity index (χ4v) is 2.49. The predicted molar refractivity (Wildman–Crippen MR) is 45.6 cm³/mol. The van der Waals surface area contributed by atoms with E-state index in [1.165, 1.54) is 0 Å². The maximum absolute atomic E-state index is 10.6. The molecule has 1 heterocycles. The third-order valence-electron chi connectivity index (χ3n) is 1.58. The molecule has 1 aromatic carbocycles. The van der Waals surface area contributed by atoms with Gasteiger partial charge in [0, 0.05) is 0 Å². The van der Waals surface area contributed by atoms with Gasteiger partial charge in [-0.05, 0) is 0 Å². The van der Waals surface area contributed by atoms with Gasteiger partial charge in [-0.15, -0.1) is 0 Å². The molecule has 60 valence electrons. The van der Waals surface area contributed by atoms with Gasteiger partial charge in [0.15, 0.2) is 0 Å². The van der Waals surface area contributed by atoms with Gasteiger partial charge in [0.25, 0.3) is 0 Å². The molecule has 1 N–H and O–H groups in total. The van der Waals surface area contributed by atoms with Crippen molar-refractivity contribution in [1.82, 2.24) is 4.98 Å². The fourth-order valence-electron chi connectivity index (χ4n) is 0.988. The first-order chi connectivity index (χ1) is 5.77. The van der Waals surface area contributed by atoms with Crippen LogP contribution in [0.3, 0.4) is 0 Å². The minimum atomic E-state index is -0.875. The molecule has 1 aromatic heterocycles. The van der Waals surface area contributed by atoms with Gasteiger partial charge in [-0.3, -0.25) is 0 Å². The van der Waals surface area contributed by atoms with E-state index in [9.17, 15) is 4.79 Å². The third kappa shape index (κ3) is 1.15. The van der Waals surface area contributed by atoms with Crippen LogP contribution in [-0.4, -0.2) is 30.6 Å². The van der Waals surface area contributed by atoms with Gasteiger partial charge in [-0.25, -0.2) is 0 Å². The second kappa shape index (κ2) is 2.73. The van der Waals surface area contributed by atoms with E-state index in [1.54, 1.807) is 18.2 Å². The summed E-state index contributed by atoms with van der Waals surface area (Å²) < 4.78 is 1.06. The summed E-state index contributed by atoms with van der Waals surface area (Å²) in [6, 6.07) is 5.04. The molecule has 4 heteroatoms. The number of aromatic carboxylic acids is 1. The molecule has 2 aromatic rings. The molecule has 3 nitrogen and oxygen atoms in total. The van der Waals surface area contributed by atoms with Crippen LogP contribution in [0.1, 0.15) is 10.4 Å². The molecule has 0 radical (unpaired) electrons. The van der Waals surface area contributed by atoms with E-state index >= 15 is 0 Å². The van der Waals surface area contributed by atoms with E-state index in [1.807, 2.05) is 5.07 Å². The molecule has 0 fully saturated rings. The Bertz CT molecular complexity index is 435. The van der Waals surface area contributed by atoms with Gasteiger partial charge in [0.1, 0.15) is 0 Å². The Morgan fingerprint density at radius 2 is 2.33 bits per heavy atom. The van der Waals surface area contributed by atoms with Crippen LogP contribution < -0.4 is 0 Å². The first-order valence-corrected chi connectivity index (χ1v) is 5.18. The molecule has 0 saturated heterocycles. The summed E-state index contributed by atoms with van der Waals surface area (Å²) in [7, 11) is 0. The molecule has 0 spiro atoms. The Morgan fingerprint density at radius 1 is 1.50 bits per heavy atom. The summed E-state index contributed by atoms with van der Waals surface area (Å²) in [5.74, 6) is -0.875. The molecule has 0 unspecified atom stereocenters. The summed E-state index contributed by atoms with van der Waals surface area (Å²) in [4.78, 5) is 14.7. The number of aromatic nitrogens is 1. The van der Waals surface area contributed by atoms with E-state index in [-0.39, 0.29) is 14.5 Å². The van der Waals surface area contributed by atoms with Gasteiger partial charge in [0.05, 0.1) is 0 Å². The summed E-state index contributed by atoms with van der Waals surface area (Å²) in [6.07, 6.45) is 0. The zero-order valence-electron chi connectivity index (χ0n) is 6.02. The molecule has 0 saturated carbocycles. The van der Waals surface area contributed by atoms with Crippen molar-refractivity contribution in [3.63, 3.8) is 0 Å². The topological polar surface area (TPSA) is 50.2 Å². The average Bonchev–Trinajstić information content (AvgIpc) is 2.49. The third-order valence-corrected chi connectivity index (χ3v) is 3.24. The number of hydrogen-bond donors (Lipinski definition) is 1. The number of rotatable bonds is 1. The second-order valence-corrected chi connectivity index (χ2v) is 4.20. The molecule has 0 aliphatic carbocycles. The van der Waals surface area contributed by atoms with Crippen molar-refractivity contribution in [2.75, 3.05) is 0 Å². The Balaban J connectivity index is 2.68. The number of fused-ring (bicyclic) bond motifs is 1. The first kappa shape index (κ1) is 7.52. The van der Waals surface area contributed by atoms with E-state index in [4.69, 9.17) is 5.11 Å². The number of benzene rings is 1. The van der Waals surface area contributed by atoms with Gasteiger partial charge >= 0.3 is 74.0 Å². The van der Waals surface area contributed by atoms with Crippen LogP contribution >= 0.6 is 0 Å². The molecular formula is C8H5NO2Se. The van der Waals surface area contributed by atoms with E-state index in [0.717, 1.165) is 9.78 Å². The summed E-state index contributed by atoms with van der Waals surface area (Å²) >= 11 is 0.223. The standard InChI is InChI=1S/C8H5NO2Se/c10-8(11)5-1-2-6-7(3-5)12-4-9-6/h1-4H,(H,10,11). The predicted octanol–water partition coefficient (Wildman–Crippen LogP) is 0.990. The number of carbonyl (C=O) groups is 1. The van der Waals surface area contributed by atoms with Crippen LogP contribution in [0.25, 0.3) is 9.78 Å². The first-order valence-electron chi connectivity index (χ1n) is 3.34. The van der Waals surface area contributed by atoms with Crippen molar-refractivity contribution in [3.05, 3.63) is 28.8 Å². The molecule has 0 amide bonds. The van der Waals surface area contributed by atoms with Gasteiger partial charge in [-0.2, -0.15) is 0 Å². The summed E-state index contributed by atoms with van der Waals surface area (Å²) in [5.41, 5.74) is 1.26. The van der Waals surface area contributed by atoms with Gasteiger partial charge < -0.3 is 0 Å². The van der Waals surface area contributed by atoms with E-state index < -0.39 is 5.97 Å². The average molecular weight is 226 g/mol. The van der Waals surface area contributed by atoms with Gasteiger partial charge in [0.2, 0.25) is 0 Å². The number of carboxylic acid groups (broad SMARTS) is 1. The van der Waals surface area contributed by atoms with Crippen molar-refractivity contribution in [2.24, 2.45) is 0 Å². The van der Waals surface area contributed by atoms with Crippen molar-refractivity contribution in [3.8, 4) is 0 Å². The van der Waals surface area contributed by atoms with Crippen LogP contribution in [0.2, 0.25) is 0 Å². The molecule has 0 aliphatic heterocycles. The number of carboxylic acids is 1. The Kier molecular flexibility index (Phi) is 1.71. The zero-order valence-corrected chi connectivity index (χ0v) is 7.73. The van der Waals surface area contributed by atoms with Crippen LogP contribution in [0.5, 0.6) is 0 Å². The molecular weight excluding hydrogens is 221 g/mol. The molecule has 2 rings (SSSR count). The molecule has 0 aliphatic rings. The Morgan fingerprint density at radius 3 is 3.08 bits per heavy atom. The van der Waals surface area contributed by atoms with Crippen molar-refractivity contribution >= 4 is 30.2 Å². The van der Waals surface area contributed by atoms with Crippen LogP contribution in [0.15, 0.2) is 23.3 Å². The van der Waals surface area contributed by atoms with Crippen LogP contribution in [-0.2, 0) is 0 Å². The molecule has 12 heavy (non-hydrogen) atoms. The quantitative estimate of drug-likeness (QED) is 0.737. The number of hydrogen-bond acceptors (Lipinski definition) is 2. The molecule has 0 bridgehead atoms.